The van der Waals surface area contributed by atoms with Crippen molar-refractivity contribution in [3.63, 3.8) is 0 Å². The molecule has 20 heavy (non-hydrogen) atoms. The summed E-state index contributed by atoms with van der Waals surface area (Å²) in [5.74, 6) is 0.536. The van der Waals surface area contributed by atoms with E-state index in [1.54, 1.807) is 24.3 Å². The summed E-state index contributed by atoms with van der Waals surface area (Å²) < 4.78 is 5.68. The number of benzene rings is 2. The Kier molecular flexibility index (Phi) is 2.18. The van der Waals surface area contributed by atoms with E-state index in [1.165, 1.54) is 0 Å². The van der Waals surface area contributed by atoms with Crippen LogP contribution in [0.25, 0.3) is 0 Å². The van der Waals surface area contributed by atoms with Crippen molar-refractivity contribution in [3.05, 3.63) is 76.6 Å². The van der Waals surface area contributed by atoms with Crippen molar-refractivity contribution < 1.29 is 14.3 Å². The van der Waals surface area contributed by atoms with Crippen molar-refractivity contribution in [1.82, 2.24) is 0 Å². The summed E-state index contributed by atoms with van der Waals surface area (Å²) >= 11 is 0. The summed E-state index contributed by atoms with van der Waals surface area (Å²) in [5.41, 5.74) is 2.30. The zero-order valence-electron chi connectivity index (χ0n) is 10.6. The van der Waals surface area contributed by atoms with Crippen molar-refractivity contribution in [2.75, 3.05) is 0 Å². The summed E-state index contributed by atoms with van der Waals surface area (Å²) in [5, 5.41) is 0. The molecule has 0 aromatic heterocycles. The Bertz CT molecular complexity index is 733. The standard InChI is InChI=1S/C17H10O3/c18-15-11-6-2-3-7-12(11)16(19)17-13(15)9-10-5-1-4-8-14(10)20-17/h1-8H,9H2. The Hall–Kier alpha value is -2.68. The zero-order valence-corrected chi connectivity index (χ0v) is 10.6. The van der Waals surface area contributed by atoms with Gasteiger partial charge in [-0.25, -0.2) is 0 Å². The molecule has 2 aromatic carbocycles. The van der Waals surface area contributed by atoms with Crippen molar-refractivity contribution in [3.8, 4) is 5.75 Å². The van der Waals surface area contributed by atoms with Gasteiger partial charge in [-0.3, -0.25) is 9.59 Å². The van der Waals surface area contributed by atoms with Gasteiger partial charge < -0.3 is 4.74 Å². The average molecular weight is 262 g/mol. The Morgan fingerprint density at radius 1 is 0.800 bits per heavy atom. The number of hydrogen-bond acceptors (Lipinski definition) is 3. The Morgan fingerprint density at radius 2 is 1.45 bits per heavy atom. The van der Waals surface area contributed by atoms with Gasteiger partial charge in [-0.1, -0.05) is 42.5 Å². The maximum Gasteiger partial charge on any atom is 0.229 e. The van der Waals surface area contributed by atoms with Crippen molar-refractivity contribution in [1.29, 1.82) is 0 Å². The van der Waals surface area contributed by atoms with Crippen LogP contribution < -0.4 is 4.74 Å². The molecule has 3 heteroatoms. The first-order valence-corrected chi connectivity index (χ1v) is 6.43. The third-order valence-electron chi connectivity index (χ3n) is 3.72. The highest BCUT2D eigenvalue weighted by molar-refractivity contribution is 6.26. The first-order valence-electron chi connectivity index (χ1n) is 6.43. The Labute approximate surface area is 115 Å². The molecule has 0 spiro atoms. The molecular formula is C17H10O3. The second-order valence-electron chi connectivity index (χ2n) is 4.90. The molecule has 96 valence electrons. The third kappa shape index (κ3) is 1.40. The molecule has 0 saturated heterocycles. The smallest absolute Gasteiger partial charge is 0.229 e. The fourth-order valence-electron chi connectivity index (χ4n) is 2.72. The highest BCUT2D eigenvalue weighted by atomic mass is 16.5. The lowest BCUT2D eigenvalue weighted by molar-refractivity contribution is 0.0930. The van der Waals surface area contributed by atoms with Crippen LogP contribution in [0.15, 0.2) is 59.9 Å². The van der Waals surface area contributed by atoms with Crippen LogP contribution >= 0.6 is 0 Å². The number of ketones is 2. The fraction of sp³-hybridized carbons (Fsp3) is 0.0588. The van der Waals surface area contributed by atoms with Crippen LogP contribution in [0.4, 0.5) is 0 Å². The van der Waals surface area contributed by atoms with Crippen molar-refractivity contribution in [2.24, 2.45) is 0 Å². The molecule has 2 aliphatic rings. The molecule has 0 atom stereocenters. The minimum atomic E-state index is -0.204. The number of allylic oxidation sites excluding steroid dienone is 2. The van der Waals surface area contributed by atoms with Crippen LogP contribution in [0.5, 0.6) is 5.75 Å². The van der Waals surface area contributed by atoms with Gasteiger partial charge >= 0.3 is 0 Å². The second-order valence-corrected chi connectivity index (χ2v) is 4.90. The first-order chi connectivity index (χ1) is 9.75. The molecule has 0 saturated carbocycles. The summed E-state index contributed by atoms with van der Waals surface area (Å²) in [6, 6.07) is 14.4. The molecular weight excluding hydrogens is 252 g/mol. The number of rotatable bonds is 0. The normalized spacial score (nSPS) is 16.2. The van der Waals surface area contributed by atoms with E-state index in [-0.39, 0.29) is 17.3 Å². The van der Waals surface area contributed by atoms with Gasteiger partial charge in [-0.15, -0.1) is 0 Å². The van der Waals surface area contributed by atoms with E-state index in [9.17, 15) is 9.59 Å². The van der Waals surface area contributed by atoms with Gasteiger partial charge in [0.15, 0.2) is 11.5 Å². The molecule has 0 N–H and O–H groups in total. The van der Waals surface area contributed by atoms with Crippen LogP contribution in [0.3, 0.4) is 0 Å². The summed E-state index contributed by atoms with van der Waals surface area (Å²) in [7, 11) is 0. The van der Waals surface area contributed by atoms with Gasteiger partial charge in [-0.05, 0) is 11.6 Å². The van der Waals surface area contributed by atoms with Gasteiger partial charge in [0.25, 0.3) is 0 Å². The minimum absolute atomic E-state index is 0.107. The second kappa shape index (κ2) is 3.90. The maximum atomic E-state index is 12.5. The molecule has 2 aromatic rings. The number of carbonyl (C=O) groups excluding carboxylic acids is 2. The van der Waals surface area contributed by atoms with E-state index >= 15 is 0 Å². The summed E-state index contributed by atoms with van der Waals surface area (Å²) in [4.78, 5) is 25.0. The lowest BCUT2D eigenvalue weighted by Gasteiger charge is -2.26. The van der Waals surface area contributed by atoms with Crippen LogP contribution in [0.2, 0.25) is 0 Å². The van der Waals surface area contributed by atoms with Gasteiger partial charge in [0.1, 0.15) is 5.75 Å². The van der Waals surface area contributed by atoms with Gasteiger partial charge in [0.2, 0.25) is 5.78 Å². The van der Waals surface area contributed by atoms with Gasteiger partial charge in [0, 0.05) is 17.5 Å². The van der Waals surface area contributed by atoms with E-state index < -0.39 is 0 Å². The molecule has 1 aliphatic heterocycles. The van der Waals surface area contributed by atoms with Crippen LogP contribution in [0.1, 0.15) is 26.3 Å². The molecule has 3 nitrogen and oxygen atoms in total. The SMILES string of the molecule is O=C1C2=C(Oc3ccccc3C2)C(=O)c2ccccc21. The first kappa shape index (κ1) is 11.2. The quantitative estimate of drug-likeness (QED) is 0.733. The van der Waals surface area contributed by atoms with Crippen LogP contribution in [-0.4, -0.2) is 11.6 Å². The Balaban J connectivity index is 1.90. The van der Waals surface area contributed by atoms with E-state index in [4.69, 9.17) is 4.74 Å². The zero-order chi connectivity index (χ0) is 13.7. The predicted octanol–water partition coefficient (Wildman–Crippen LogP) is 2.95. The van der Waals surface area contributed by atoms with E-state index in [2.05, 4.69) is 0 Å². The highest BCUT2D eigenvalue weighted by Crippen LogP contribution is 2.36. The fourth-order valence-corrected chi connectivity index (χ4v) is 2.72. The minimum Gasteiger partial charge on any atom is -0.452 e. The molecule has 1 aliphatic carbocycles. The molecule has 0 bridgehead atoms. The predicted molar refractivity (Wildman–Crippen MR) is 72.9 cm³/mol. The lowest BCUT2D eigenvalue weighted by Crippen LogP contribution is -2.28. The number of para-hydroxylation sites is 1. The topological polar surface area (TPSA) is 43.4 Å². The number of ether oxygens (including phenoxy) is 1. The Morgan fingerprint density at radius 3 is 2.25 bits per heavy atom. The molecule has 0 unspecified atom stereocenters. The monoisotopic (exact) mass is 262 g/mol. The molecule has 0 amide bonds. The average Bonchev–Trinajstić information content (AvgIpc) is 2.51. The van der Waals surface area contributed by atoms with E-state index in [0.717, 1.165) is 5.56 Å². The molecule has 0 radical (unpaired) electrons. The number of hydrogen-bond donors (Lipinski definition) is 0. The number of Topliss-reactive ketones (excluding diaryl/α,β-unsaturated/α-hetero) is 2. The van der Waals surface area contributed by atoms with E-state index in [0.29, 0.717) is 28.9 Å². The van der Waals surface area contributed by atoms with E-state index in [1.807, 2.05) is 24.3 Å². The van der Waals surface area contributed by atoms with Crippen molar-refractivity contribution in [2.45, 2.75) is 6.42 Å². The summed E-state index contributed by atoms with van der Waals surface area (Å²) in [6.07, 6.45) is 0.449. The van der Waals surface area contributed by atoms with Gasteiger partial charge in [-0.2, -0.15) is 0 Å². The molecule has 4 rings (SSSR count). The van der Waals surface area contributed by atoms with Gasteiger partial charge in [0.05, 0.1) is 5.57 Å². The van der Waals surface area contributed by atoms with Crippen molar-refractivity contribution >= 4 is 11.6 Å². The number of fused-ring (bicyclic) bond motifs is 2. The number of carbonyl (C=O) groups is 2. The largest absolute Gasteiger partial charge is 0.452 e. The van der Waals surface area contributed by atoms with Crippen LogP contribution in [0, 0.1) is 0 Å². The van der Waals surface area contributed by atoms with Crippen LogP contribution in [-0.2, 0) is 6.42 Å². The lowest BCUT2D eigenvalue weighted by atomic mass is 9.84. The highest BCUT2D eigenvalue weighted by Gasteiger charge is 2.36. The molecule has 0 fully saturated rings. The summed E-state index contributed by atoms with van der Waals surface area (Å²) in [6.45, 7) is 0. The molecule has 1 heterocycles. The maximum absolute atomic E-state index is 12.5. The third-order valence-corrected chi connectivity index (χ3v) is 3.72.